The topological polar surface area (TPSA) is 78.5 Å². The van der Waals surface area contributed by atoms with Crippen molar-refractivity contribution in [3.63, 3.8) is 0 Å². The largest absolute Gasteiger partial charge is 0.340 e. The van der Waals surface area contributed by atoms with E-state index in [1.54, 1.807) is 0 Å². The molecule has 2 aliphatic rings. The molecule has 7 heteroatoms. The molecule has 0 aliphatic carbocycles. The number of hydrogen-bond donors (Lipinski definition) is 2. The van der Waals surface area contributed by atoms with Crippen LogP contribution in [-0.4, -0.2) is 57.7 Å². The van der Waals surface area contributed by atoms with Gasteiger partial charge >= 0.3 is 0 Å². The number of carbonyl (C=O) groups excluding carboxylic acids is 1. The Labute approximate surface area is 134 Å². The summed E-state index contributed by atoms with van der Waals surface area (Å²) in [7, 11) is -3.15. The molecular formula is C15H29N3O3S. The summed E-state index contributed by atoms with van der Waals surface area (Å²) in [4.78, 5) is 14.6. The van der Waals surface area contributed by atoms with Crippen LogP contribution >= 0.6 is 0 Å². The van der Waals surface area contributed by atoms with Crippen molar-refractivity contribution in [3.8, 4) is 0 Å². The minimum atomic E-state index is -3.15. The van der Waals surface area contributed by atoms with Crippen molar-refractivity contribution in [2.45, 2.75) is 51.0 Å². The first-order valence-corrected chi connectivity index (χ1v) is 10.3. The molecule has 2 aliphatic heterocycles. The van der Waals surface area contributed by atoms with E-state index < -0.39 is 10.0 Å². The maximum atomic E-state index is 12.6. The highest BCUT2D eigenvalue weighted by molar-refractivity contribution is 7.88. The number of rotatable bonds is 6. The van der Waals surface area contributed by atoms with Crippen LogP contribution in [0.2, 0.25) is 0 Å². The Hall–Kier alpha value is -0.660. The van der Waals surface area contributed by atoms with E-state index in [-0.39, 0.29) is 11.9 Å². The second-order valence-electron chi connectivity index (χ2n) is 6.59. The Kier molecular flexibility index (Phi) is 6.65. The smallest absolute Gasteiger partial charge is 0.223 e. The maximum absolute atomic E-state index is 12.6. The van der Waals surface area contributed by atoms with Crippen LogP contribution in [0, 0.1) is 5.92 Å². The predicted molar refractivity (Wildman–Crippen MR) is 87.0 cm³/mol. The number of hydrogen-bond acceptors (Lipinski definition) is 4. The molecule has 2 rings (SSSR count). The van der Waals surface area contributed by atoms with E-state index in [4.69, 9.17) is 0 Å². The molecule has 0 aromatic rings. The highest BCUT2D eigenvalue weighted by Crippen LogP contribution is 2.23. The summed E-state index contributed by atoms with van der Waals surface area (Å²) >= 11 is 0. The van der Waals surface area contributed by atoms with Crippen LogP contribution in [0.1, 0.15) is 44.9 Å². The van der Waals surface area contributed by atoms with Crippen molar-refractivity contribution in [1.82, 2.24) is 14.9 Å². The molecule has 1 atom stereocenters. The van der Waals surface area contributed by atoms with E-state index in [1.807, 2.05) is 4.90 Å². The Bertz CT molecular complexity index is 461. The van der Waals surface area contributed by atoms with E-state index >= 15 is 0 Å². The normalized spacial score (nSPS) is 24.4. The Balaban J connectivity index is 1.83. The standard InChI is InChI=1S/C15H29N3O3S/c1-22(20,21)17-10-7-14-4-2-3-11-18(14)15(19)12-13-5-8-16-9-6-13/h13-14,16-17H,2-12H2,1H3. The lowest BCUT2D eigenvalue weighted by atomic mass is 9.92. The molecule has 0 aromatic carbocycles. The van der Waals surface area contributed by atoms with E-state index in [9.17, 15) is 13.2 Å². The molecule has 22 heavy (non-hydrogen) atoms. The van der Waals surface area contributed by atoms with Crippen LogP contribution in [0.3, 0.4) is 0 Å². The van der Waals surface area contributed by atoms with Crippen LogP contribution in [0.5, 0.6) is 0 Å². The van der Waals surface area contributed by atoms with Crippen molar-refractivity contribution in [3.05, 3.63) is 0 Å². The van der Waals surface area contributed by atoms with Crippen molar-refractivity contribution in [2.24, 2.45) is 5.92 Å². The van der Waals surface area contributed by atoms with E-state index in [0.29, 0.717) is 25.3 Å². The average molecular weight is 331 g/mol. The zero-order valence-electron chi connectivity index (χ0n) is 13.5. The van der Waals surface area contributed by atoms with Gasteiger partial charge in [0.15, 0.2) is 0 Å². The van der Waals surface area contributed by atoms with E-state index in [1.165, 1.54) is 6.26 Å². The zero-order valence-corrected chi connectivity index (χ0v) is 14.3. The molecule has 0 radical (unpaired) electrons. The van der Waals surface area contributed by atoms with Crippen molar-refractivity contribution in [2.75, 3.05) is 32.4 Å². The fourth-order valence-electron chi connectivity index (χ4n) is 3.49. The quantitative estimate of drug-likeness (QED) is 0.751. The molecule has 1 amide bonds. The number of nitrogens with zero attached hydrogens (tertiary/aromatic N) is 1. The summed E-state index contributed by atoms with van der Waals surface area (Å²) in [6, 6.07) is 0.192. The third-order valence-electron chi connectivity index (χ3n) is 4.71. The Morgan fingerprint density at radius 3 is 2.64 bits per heavy atom. The van der Waals surface area contributed by atoms with Crippen molar-refractivity contribution in [1.29, 1.82) is 0 Å². The fraction of sp³-hybridized carbons (Fsp3) is 0.933. The molecule has 2 saturated heterocycles. The van der Waals surface area contributed by atoms with Gasteiger partial charge in [0.05, 0.1) is 6.26 Å². The lowest BCUT2D eigenvalue weighted by molar-refractivity contribution is -0.136. The van der Waals surface area contributed by atoms with Crippen LogP contribution in [0.15, 0.2) is 0 Å². The van der Waals surface area contributed by atoms with Gasteiger partial charge in [-0.05, 0) is 57.5 Å². The molecule has 0 bridgehead atoms. The summed E-state index contributed by atoms with van der Waals surface area (Å²) in [5.74, 6) is 0.765. The molecule has 2 N–H and O–H groups in total. The van der Waals surface area contributed by atoms with Crippen LogP contribution in [-0.2, 0) is 14.8 Å². The molecule has 1 unspecified atom stereocenters. The first-order valence-electron chi connectivity index (χ1n) is 8.40. The average Bonchev–Trinajstić information content (AvgIpc) is 2.47. The minimum absolute atomic E-state index is 0.192. The van der Waals surface area contributed by atoms with Crippen LogP contribution < -0.4 is 10.0 Å². The monoisotopic (exact) mass is 331 g/mol. The second-order valence-corrected chi connectivity index (χ2v) is 8.42. The van der Waals surface area contributed by atoms with E-state index in [2.05, 4.69) is 10.0 Å². The van der Waals surface area contributed by atoms with Gasteiger partial charge in [-0.25, -0.2) is 13.1 Å². The number of amides is 1. The molecule has 6 nitrogen and oxygen atoms in total. The van der Waals surface area contributed by atoms with Crippen LogP contribution in [0.4, 0.5) is 0 Å². The fourth-order valence-corrected chi connectivity index (χ4v) is 3.98. The lowest BCUT2D eigenvalue weighted by Crippen LogP contribution is -2.46. The highest BCUT2D eigenvalue weighted by atomic mass is 32.2. The molecule has 0 saturated carbocycles. The lowest BCUT2D eigenvalue weighted by Gasteiger charge is -2.37. The molecule has 2 fully saturated rings. The molecule has 0 aromatic heterocycles. The van der Waals surface area contributed by atoms with Gasteiger partial charge in [-0.2, -0.15) is 0 Å². The SMILES string of the molecule is CS(=O)(=O)NCCC1CCCCN1C(=O)CC1CCNCC1. The van der Waals surface area contributed by atoms with Gasteiger partial charge < -0.3 is 10.2 Å². The summed E-state index contributed by atoms with van der Waals surface area (Å²) in [5, 5.41) is 3.33. The van der Waals surface area contributed by atoms with Gasteiger partial charge in [0, 0.05) is 25.6 Å². The van der Waals surface area contributed by atoms with Gasteiger partial charge in [0.25, 0.3) is 0 Å². The summed E-state index contributed by atoms with van der Waals surface area (Å²) in [6.07, 6.45) is 7.88. The number of sulfonamides is 1. The number of likely N-dealkylation sites (tertiary alicyclic amines) is 1. The van der Waals surface area contributed by atoms with Gasteiger partial charge in [0.1, 0.15) is 0 Å². The van der Waals surface area contributed by atoms with Gasteiger partial charge in [-0.1, -0.05) is 0 Å². The van der Waals surface area contributed by atoms with E-state index in [0.717, 1.165) is 51.7 Å². The minimum Gasteiger partial charge on any atom is -0.340 e. The van der Waals surface area contributed by atoms with Crippen molar-refractivity contribution < 1.29 is 13.2 Å². The third kappa shape index (κ3) is 5.85. The Morgan fingerprint density at radius 1 is 1.23 bits per heavy atom. The van der Waals surface area contributed by atoms with Gasteiger partial charge in [0.2, 0.25) is 15.9 Å². The molecule has 2 heterocycles. The highest BCUT2D eigenvalue weighted by Gasteiger charge is 2.28. The zero-order chi connectivity index (χ0) is 16.0. The second kappa shape index (κ2) is 8.26. The summed E-state index contributed by atoms with van der Waals surface area (Å²) < 4.78 is 24.8. The first kappa shape index (κ1) is 17.7. The Morgan fingerprint density at radius 2 is 1.95 bits per heavy atom. The predicted octanol–water partition coefficient (Wildman–Crippen LogP) is 0.697. The number of nitrogens with one attached hydrogen (secondary N) is 2. The molecular weight excluding hydrogens is 302 g/mol. The third-order valence-corrected chi connectivity index (χ3v) is 5.44. The molecule has 0 spiro atoms. The summed E-state index contributed by atoms with van der Waals surface area (Å²) in [5.41, 5.74) is 0. The van der Waals surface area contributed by atoms with Crippen LogP contribution in [0.25, 0.3) is 0 Å². The van der Waals surface area contributed by atoms with Crippen molar-refractivity contribution >= 4 is 15.9 Å². The maximum Gasteiger partial charge on any atom is 0.223 e. The van der Waals surface area contributed by atoms with Gasteiger partial charge in [-0.15, -0.1) is 0 Å². The van der Waals surface area contributed by atoms with Gasteiger partial charge in [-0.3, -0.25) is 4.79 Å². The number of carbonyl (C=O) groups is 1. The first-order chi connectivity index (χ1) is 10.5. The molecule has 128 valence electrons. The summed E-state index contributed by atoms with van der Waals surface area (Å²) in [6.45, 7) is 3.27. The number of piperidine rings is 2.